The van der Waals surface area contributed by atoms with Gasteiger partial charge in [0.15, 0.2) is 0 Å². The van der Waals surface area contributed by atoms with Gasteiger partial charge in [-0.25, -0.2) is 9.18 Å². The van der Waals surface area contributed by atoms with Crippen molar-refractivity contribution in [3.8, 4) is 0 Å². The van der Waals surface area contributed by atoms with Crippen LogP contribution in [0.4, 0.5) is 20.6 Å². The largest absolute Gasteiger partial charge is 0.334 e. The number of urea groups is 1. The van der Waals surface area contributed by atoms with E-state index in [1.54, 1.807) is 23.1 Å². The maximum atomic E-state index is 13.0. The summed E-state index contributed by atoms with van der Waals surface area (Å²) >= 11 is 0. The van der Waals surface area contributed by atoms with Crippen LogP contribution in [0.5, 0.6) is 0 Å². The Kier molecular flexibility index (Phi) is 5.75. The molecule has 1 aliphatic rings. The summed E-state index contributed by atoms with van der Waals surface area (Å²) in [6.07, 6.45) is 1.71. The first-order valence-electron chi connectivity index (χ1n) is 9.89. The van der Waals surface area contributed by atoms with E-state index < -0.39 is 0 Å². The molecular formula is C24H22FN3O2. The molecule has 0 saturated heterocycles. The number of benzene rings is 3. The Morgan fingerprint density at radius 3 is 2.50 bits per heavy atom. The van der Waals surface area contributed by atoms with Crippen molar-refractivity contribution in [3.63, 3.8) is 0 Å². The van der Waals surface area contributed by atoms with Crippen LogP contribution in [0.15, 0.2) is 72.8 Å². The Labute approximate surface area is 174 Å². The van der Waals surface area contributed by atoms with Gasteiger partial charge in [0, 0.05) is 30.0 Å². The van der Waals surface area contributed by atoms with Crippen molar-refractivity contribution < 1.29 is 14.0 Å². The number of halogens is 1. The van der Waals surface area contributed by atoms with Crippen LogP contribution in [-0.2, 0) is 13.0 Å². The van der Waals surface area contributed by atoms with Crippen molar-refractivity contribution >= 4 is 23.3 Å². The Balaban J connectivity index is 1.42. The zero-order valence-electron chi connectivity index (χ0n) is 16.4. The van der Waals surface area contributed by atoms with E-state index in [0.29, 0.717) is 24.3 Å². The van der Waals surface area contributed by atoms with Gasteiger partial charge in [0.25, 0.3) is 5.91 Å². The van der Waals surface area contributed by atoms with Crippen molar-refractivity contribution in [1.29, 1.82) is 0 Å². The molecule has 0 bridgehead atoms. The van der Waals surface area contributed by atoms with Gasteiger partial charge in [0.1, 0.15) is 5.82 Å². The van der Waals surface area contributed by atoms with Gasteiger partial charge >= 0.3 is 6.03 Å². The number of hydrogen-bond donors (Lipinski definition) is 2. The lowest BCUT2D eigenvalue weighted by Gasteiger charge is -2.30. The second-order valence-electron chi connectivity index (χ2n) is 7.20. The molecule has 2 N–H and O–H groups in total. The lowest BCUT2D eigenvalue weighted by molar-refractivity contribution is 0.0985. The number of carbonyl (C=O) groups excluding carboxylic acids is 2. The van der Waals surface area contributed by atoms with Gasteiger partial charge in [-0.3, -0.25) is 4.79 Å². The third-order valence-electron chi connectivity index (χ3n) is 5.09. The normalized spacial score (nSPS) is 12.8. The van der Waals surface area contributed by atoms with E-state index in [0.717, 1.165) is 29.7 Å². The minimum atomic E-state index is -0.340. The Morgan fingerprint density at radius 1 is 0.967 bits per heavy atom. The predicted octanol–water partition coefficient (Wildman–Crippen LogP) is 4.74. The van der Waals surface area contributed by atoms with Crippen LogP contribution >= 0.6 is 0 Å². The molecular weight excluding hydrogens is 381 g/mol. The number of nitrogens with zero attached hydrogens (tertiary/aromatic N) is 1. The van der Waals surface area contributed by atoms with Crippen LogP contribution in [0.1, 0.15) is 27.9 Å². The van der Waals surface area contributed by atoms with Crippen LogP contribution < -0.4 is 15.5 Å². The Bertz CT molecular complexity index is 1050. The summed E-state index contributed by atoms with van der Waals surface area (Å²) in [5.41, 5.74) is 4.05. The number of hydrogen-bond acceptors (Lipinski definition) is 2. The van der Waals surface area contributed by atoms with E-state index in [1.807, 2.05) is 42.5 Å². The summed E-state index contributed by atoms with van der Waals surface area (Å²) in [7, 11) is 0. The molecule has 3 aromatic rings. The average molecular weight is 403 g/mol. The van der Waals surface area contributed by atoms with Gasteiger partial charge in [-0.1, -0.05) is 30.3 Å². The fourth-order valence-electron chi connectivity index (χ4n) is 3.58. The number of nitrogens with one attached hydrogen (secondary N) is 2. The second kappa shape index (κ2) is 8.78. The number of carbonyl (C=O) groups is 2. The number of amides is 3. The van der Waals surface area contributed by atoms with Crippen molar-refractivity contribution in [2.24, 2.45) is 0 Å². The Morgan fingerprint density at radius 2 is 1.73 bits per heavy atom. The van der Waals surface area contributed by atoms with Crippen LogP contribution in [0, 0.1) is 5.82 Å². The van der Waals surface area contributed by atoms with Gasteiger partial charge < -0.3 is 15.5 Å². The molecule has 152 valence electrons. The van der Waals surface area contributed by atoms with Gasteiger partial charge in [0.05, 0.1) is 0 Å². The molecule has 0 fully saturated rings. The molecule has 4 rings (SSSR count). The van der Waals surface area contributed by atoms with Crippen LogP contribution in [-0.4, -0.2) is 18.5 Å². The van der Waals surface area contributed by atoms with Gasteiger partial charge in [-0.2, -0.15) is 0 Å². The summed E-state index contributed by atoms with van der Waals surface area (Å²) in [5.74, 6) is -0.327. The highest BCUT2D eigenvalue weighted by molar-refractivity contribution is 6.07. The number of rotatable bonds is 4. The van der Waals surface area contributed by atoms with E-state index in [4.69, 9.17) is 0 Å². The standard InChI is InChI=1S/C24H22FN3O2/c25-20-10-8-17(9-11-20)16-26-24(30)27-21-12-13-22-19(15-21)7-4-14-28(22)23(29)18-5-2-1-3-6-18/h1-3,5-6,8-13,15H,4,7,14,16H2,(H2,26,27,30). The number of fused-ring (bicyclic) bond motifs is 1. The lowest BCUT2D eigenvalue weighted by Crippen LogP contribution is -2.35. The molecule has 6 heteroatoms. The molecule has 0 aromatic heterocycles. The first kappa shape index (κ1) is 19.6. The topological polar surface area (TPSA) is 61.4 Å². The van der Waals surface area contributed by atoms with Crippen molar-refractivity contribution in [2.45, 2.75) is 19.4 Å². The molecule has 1 heterocycles. The first-order chi connectivity index (χ1) is 14.6. The number of aryl methyl sites for hydroxylation is 1. The molecule has 0 radical (unpaired) electrons. The molecule has 3 amide bonds. The monoisotopic (exact) mass is 403 g/mol. The van der Waals surface area contributed by atoms with Gasteiger partial charge in [-0.15, -0.1) is 0 Å². The second-order valence-corrected chi connectivity index (χ2v) is 7.20. The maximum absolute atomic E-state index is 13.0. The summed E-state index contributed by atoms with van der Waals surface area (Å²) in [5, 5.41) is 5.58. The van der Waals surface area contributed by atoms with Crippen LogP contribution in [0.2, 0.25) is 0 Å². The molecule has 0 unspecified atom stereocenters. The van der Waals surface area contributed by atoms with E-state index in [1.165, 1.54) is 12.1 Å². The summed E-state index contributed by atoms with van der Waals surface area (Å²) in [6, 6.07) is 20.5. The van der Waals surface area contributed by atoms with Crippen LogP contribution in [0.25, 0.3) is 0 Å². The van der Waals surface area contributed by atoms with Gasteiger partial charge in [-0.05, 0) is 66.4 Å². The molecule has 0 aliphatic carbocycles. The summed E-state index contributed by atoms with van der Waals surface area (Å²) in [4.78, 5) is 26.9. The smallest absolute Gasteiger partial charge is 0.319 e. The predicted molar refractivity (Wildman–Crippen MR) is 115 cm³/mol. The minimum Gasteiger partial charge on any atom is -0.334 e. The zero-order chi connectivity index (χ0) is 20.9. The minimum absolute atomic E-state index is 0.0192. The Hall–Kier alpha value is -3.67. The summed E-state index contributed by atoms with van der Waals surface area (Å²) < 4.78 is 13.0. The lowest BCUT2D eigenvalue weighted by atomic mass is 10.00. The highest BCUT2D eigenvalue weighted by Crippen LogP contribution is 2.30. The van der Waals surface area contributed by atoms with E-state index in [2.05, 4.69) is 10.6 Å². The molecule has 0 spiro atoms. The molecule has 3 aromatic carbocycles. The highest BCUT2D eigenvalue weighted by atomic mass is 19.1. The van der Waals surface area contributed by atoms with Crippen molar-refractivity contribution in [2.75, 3.05) is 16.8 Å². The van der Waals surface area contributed by atoms with E-state index in [9.17, 15) is 14.0 Å². The van der Waals surface area contributed by atoms with E-state index in [-0.39, 0.29) is 17.8 Å². The SMILES string of the molecule is O=C(NCc1ccc(F)cc1)Nc1ccc2c(c1)CCCN2C(=O)c1ccccc1. The van der Waals surface area contributed by atoms with E-state index >= 15 is 0 Å². The maximum Gasteiger partial charge on any atom is 0.319 e. The first-order valence-corrected chi connectivity index (χ1v) is 9.89. The third-order valence-corrected chi connectivity index (χ3v) is 5.09. The number of anilines is 2. The summed E-state index contributed by atoms with van der Waals surface area (Å²) in [6.45, 7) is 0.974. The highest BCUT2D eigenvalue weighted by Gasteiger charge is 2.23. The van der Waals surface area contributed by atoms with Crippen molar-refractivity contribution in [1.82, 2.24) is 5.32 Å². The fourth-order valence-corrected chi connectivity index (χ4v) is 3.58. The molecule has 1 aliphatic heterocycles. The molecule has 0 saturated carbocycles. The van der Waals surface area contributed by atoms with Crippen molar-refractivity contribution in [3.05, 3.63) is 95.3 Å². The molecule has 5 nitrogen and oxygen atoms in total. The van der Waals surface area contributed by atoms with Crippen LogP contribution in [0.3, 0.4) is 0 Å². The molecule has 0 atom stereocenters. The van der Waals surface area contributed by atoms with Gasteiger partial charge in [0.2, 0.25) is 0 Å². The fraction of sp³-hybridized carbons (Fsp3) is 0.167. The zero-order valence-corrected chi connectivity index (χ0v) is 16.4. The average Bonchev–Trinajstić information content (AvgIpc) is 2.78. The quantitative estimate of drug-likeness (QED) is 0.661. The molecule has 30 heavy (non-hydrogen) atoms. The third kappa shape index (κ3) is 4.49.